The third-order valence-electron chi connectivity index (χ3n) is 3.08. The van der Waals surface area contributed by atoms with E-state index in [1.165, 1.54) is 10.5 Å². The second-order valence-electron chi connectivity index (χ2n) is 4.59. The summed E-state index contributed by atoms with van der Waals surface area (Å²) in [5, 5.41) is 3.31. The van der Waals surface area contributed by atoms with Crippen LogP contribution in [0.25, 0.3) is 0 Å². The highest BCUT2D eigenvalue weighted by Gasteiger charge is 2.14. The molecule has 0 bridgehead atoms. The van der Waals surface area contributed by atoms with E-state index in [0.717, 1.165) is 32.6 Å². The molecule has 0 radical (unpaired) electrons. The average molecular weight is 264 g/mol. The number of hydrogen-bond acceptors (Lipinski definition) is 3. The minimum absolute atomic E-state index is 0.254. The van der Waals surface area contributed by atoms with E-state index >= 15 is 0 Å². The smallest absolute Gasteiger partial charge is 0.232 e. The minimum atomic E-state index is 0.254. The van der Waals surface area contributed by atoms with Crippen molar-refractivity contribution < 1.29 is 4.79 Å². The van der Waals surface area contributed by atoms with Crippen molar-refractivity contribution in [3.63, 3.8) is 0 Å². The molecule has 0 aliphatic carbocycles. The van der Waals surface area contributed by atoms with Gasteiger partial charge in [-0.25, -0.2) is 0 Å². The molecule has 2 rings (SSSR count). The van der Waals surface area contributed by atoms with Gasteiger partial charge in [0.1, 0.15) is 0 Å². The maximum atomic E-state index is 12.1. The number of aryl methyl sites for hydroxylation is 1. The summed E-state index contributed by atoms with van der Waals surface area (Å²) in [6.45, 7) is 5.74. The van der Waals surface area contributed by atoms with Gasteiger partial charge in [-0.05, 0) is 32.0 Å². The first-order valence-electron chi connectivity index (χ1n) is 6.44. The van der Waals surface area contributed by atoms with Crippen molar-refractivity contribution in [2.24, 2.45) is 0 Å². The van der Waals surface area contributed by atoms with Crippen LogP contribution in [0.3, 0.4) is 0 Å². The average Bonchev–Trinajstić information content (AvgIpc) is 2.66. The first-order chi connectivity index (χ1) is 8.75. The zero-order chi connectivity index (χ0) is 12.8. The standard InChI is InChI=1S/C14H20N2OS/c1-12-3-5-13(6-4-12)18-11-14(17)16-9-2-7-15-8-10-16/h3-6,15H,2,7-11H2,1H3. The monoisotopic (exact) mass is 264 g/mol. The van der Waals surface area contributed by atoms with Crippen LogP contribution in [0, 0.1) is 6.92 Å². The molecule has 1 aromatic rings. The molecule has 1 aromatic carbocycles. The number of nitrogens with zero attached hydrogens (tertiary/aromatic N) is 1. The second-order valence-corrected chi connectivity index (χ2v) is 5.63. The molecule has 0 atom stereocenters. The fourth-order valence-electron chi connectivity index (χ4n) is 1.97. The van der Waals surface area contributed by atoms with Crippen LogP contribution in [0.2, 0.25) is 0 Å². The Hall–Kier alpha value is -1.00. The number of hydrogen-bond donors (Lipinski definition) is 1. The van der Waals surface area contributed by atoms with Crippen molar-refractivity contribution in [3.05, 3.63) is 29.8 Å². The summed E-state index contributed by atoms with van der Waals surface area (Å²) in [5.74, 6) is 0.799. The number of amides is 1. The summed E-state index contributed by atoms with van der Waals surface area (Å²) < 4.78 is 0. The Morgan fingerprint density at radius 1 is 1.28 bits per heavy atom. The zero-order valence-corrected chi connectivity index (χ0v) is 11.6. The van der Waals surface area contributed by atoms with Gasteiger partial charge in [-0.2, -0.15) is 0 Å². The normalized spacial score (nSPS) is 16.4. The lowest BCUT2D eigenvalue weighted by Crippen LogP contribution is -2.35. The lowest BCUT2D eigenvalue weighted by molar-refractivity contribution is -0.128. The Morgan fingerprint density at radius 2 is 2.06 bits per heavy atom. The van der Waals surface area contributed by atoms with Gasteiger partial charge in [0.25, 0.3) is 0 Å². The van der Waals surface area contributed by atoms with E-state index in [1.54, 1.807) is 11.8 Å². The SMILES string of the molecule is Cc1ccc(SCC(=O)N2CCCNCC2)cc1. The molecule has 1 heterocycles. The van der Waals surface area contributed by atoms with Crippen LogP contribution >= 0.6 is 11.8 Å². The Bertz CT molecular complexity index is 383. The number of carbonyl (C=O) groups excluding carboxylic acids is 1. The molecular formula is C14H20N2OS. The highest BCUT2D eigenvalue weighted by molar-refractivity contribution is 8.00. The van der Waals surface area contributed by atoms with E-state index in [4.69, 9.17) is 0 Å². The Labute approximate surface area is 113 Å². The van der Waals surface area contributed by atoms with Gasteiger partial charge in [-0.1, -0.05) is 17.7 Å². The van der Waals surface area contributed by atoms with Gasteiger partial charge in [0.15, 0.2) is 0 Å². The molecule has 1 N–H and O–H groups in total. The molecular weight excluding hydrogens is 244 g/mol. The van der Waals surface area contributed by atoms with Crippen molar-refractivity contribution in [3.8, 4) is 0 Å². The van der Waals surface area contributed by atoms with Gasteiger partial charge in [0.05, 0.1) is 5.75 Å². The number of rotatable bonds is 3. The largest absolute Gasteiger partial charge is 0.341 e. The molecule has 0 spiro atoms. The second kappa shape index (κ2) is 6.81. The fourth-order valence-corrected chi connectivity index (χ4v) is 2.77. The molecule has 1 fully saturated rings. The summed E-state index contributed by atoms with van der Waals surface area (Å²) in [6, 6.07) is 8.33. The van der Waals surface area contributed by atoms with Crippen LogP contribution in [0.4, 0.5) is 0 Å². The van der Waals surface area contributed by atoms with Crippen molar-refractivity contribution >= 4 is 17.7 Å². The van der Waals surface area contributed by atoms with Gasteiger partial charge in [-0.3, -0.25) is 4.79 Å². The van der Waals surface area contributed by atoms with Crippen LogP contribution in [0.1, 0.15) is 12.0 Å². The van der Waals surface area contributed by atoms with Crippen LogP contribution in [-0.2, 0) is 4.79 Å². The first-order valence-corrected chi connectivity index (χ1v) is 7.42. The molecule has 1 amide bonds. The zero-order valence-electron chi connectivity index (χ0n) is 10.8. The summed E-state index contributed by atoms with van der Waals surface area (Å²) in [5.41, 5.74) is 1.25. The lowest BCUT2D eigenvalue weighted by atomic mass is 10.2. The van der Waals surface area contributed by atoms with E-state index in [2.05, 4.69) is 36.5 Å². The summed E-state index contributed by atoms with van der Waals surface area (Å²) >= 11 is 1.63. The van der Waals surface area contributed by atoms with E-state index in [9.17, 15) is 4.79 Å². The minimum Gasteiger partial charge on any atom is -0.341 e. The van der Waals surface area contributed by atoms with Crippen molar-refractivity contribution in [2.75, 3.05) is 31.9 Å². The summed E-state index contributed by atoms with van der Waals surface area (Å²) in [6.07, 6.45) is 1.06. The van der Waals surface area contributed by atoms with Gasteiger partial charge in [-0.15, -0.1) is 11.8 Å². The molecule has 0 aromatic heterocycles. The predicted molar refractivity (Wildman–Crippen MR) is 76.0 cm³/mol. The predicted octanol–water partition coefficient (Wildman–Crippen LogP) is 1.91. The van der Waals surface area contributed by atoms with E-state index < -0.39 is 0 Å². The van der Waals surface area contributed by atoms with Crippen LogP contribution in [-0.4, -0.2) is 42.7 Å². The Kier molecular flexibility index (Phi) is 5.08. The quantitative estimate of drug-likeness (QED) is 0.846. The van der Waals surface area contributed by atoms with Crippen LogP contribution in [0.15, 0.2) is 29.2 Å². The van der Waals surface area contributed by atoms with Gasteiger partial charge in [0.2, 0.25) is 5.91 Å². The number of thioether (sulfide) groups is 1. The molecule has 0 unspecified atom stereocenters. The van der Waals surface area contributed by atoms with Crippen molar-refractivity contribution in [1.82, 2.24) is 10.2 Å². The topological polar surface area (TPSA) is 32.3 Å². The van der Waals surface area contributed by atoms with Gasteiger partial charge >= 0.3 is 0 Å². The molecule has 4 heteroatoms. The summed E-state index contributed by atoms with van der Waals surface area (Å²) in [7, 11) is 0. The lowest BCUT2D eigenvalue weighted by Gasteiger charge is -2.19. The van der Waals surface area contributed by atoms with Crippen molar-refractivity contribution in [1.29, 1.82) is 0 Å². The van der Waals surface area contributed by atoms with E-state index in [-0.39, 0.29) is 5.91 Å². The first kappa shape index (κ1) is 13.4. The van der Waals surface area contributed by atoms with E-state index in [0.29, 0.717) is 5.75 Å². The maximum Gasteiger partial charge on any atom is 0.232 e. The molecule has 1 aliphatic heterocycles. The molecule has 3 nitrogen and oxygen atoms in total. The molecule has 18 heavy (non-hydrogen) atoms. The molecule has 1 aliphatic rings. The Morgan fingerprint density at radius 3 is 2.83 bits per heavy atom. The molecule has 1 saturated heterocycles. The highest BCUT2D eigenvalue weighted by atomic mass is 32.2. The number of carbonyl (C=O) groups is 1. The number of nitrogens with one attached hydrogen (secondary N) is 1. The number of benzene rings is 1. The van der Waals surface area contributed by atoms with Gasteiger partial charge < -0.3 is 10.2 Å². The Balaban J connectivity index is 1.81. The van der Waals surface area contributed by atoms with Crippen LogP contribution in [0.5, 0.6) is 0 Å². The van der Waals surface area contributed by atoms with Crippen molar-refractivity contribution in [2.45, 2.75) is 18.2 Å². The third kappa shape index (κ3) is 4.03. The van der Waals surface area contributed by atoms with Crippen LogP contribution < -0.4 is 5.32 Å². The maximum absolute atomic E-state index is 12.1. The highest BCUT2D eigenvalue weighted by Crippen LogP contribution is 2.18. The van der Waals surface area contributed by atoms with Gasteiger partial charge in [0, 0.05) is 24.5 Å². The molecule has 98 valence electrons. The third-order valence-corrected chi connectivity index (χ3v) is 4.07. The molecule has 0 saturated carbocycles. The fraction of sp³-hybridized carbons (Fsp3) is 0.500. The van der Waals surface area contributed by atoms with E-state index in [1.807, 2.05) is 4.90 Å². The summed E-state index contributed by atoms with van der Waals surface area (Å²) in [4.78, 5) is 15.2.